The van der Waals surface area contributed by atoms with E-state index >= 15 is 0 Å². The Kier molecular flexibility index (Phi) is 6.23. The maximum Gasteiger partial charge on any atom is 0.321 e. The van der Waals surface area contributed by atoms with Crippen molar-refractivity contribution in [1.82, 2.24) is 10.6 Å². The molecule has 3 N–H and O–H groups in total. The molecule has 0 fully saturated rings. The lowest BCUT2D eigenvalue weighted by Crippen LogP contribution is -2.43. The summed E-state index contributed by atoms with van der Waals surface area (Å²) in [7, 11) is 0. The van der Waals surface area contributed by atoms with E-state index in [-0.39, 0.29) is 18.3 Å². The molecule has 0 spiro atoms. The number of nitrogens with one attached hydrogen (secondary N) is 2. The first-order chi connectivity index (χ1) is 7.76. The summed E-state index contributed by atoms with van der Waals surface area (Å²) in [4.78, 5) is 32.6. The number of carbonyl (C=O) groups is 3. The normalized spacial score (nSPS) is 10.8. The lowest BCUT2D eigenvalue weighted by molar-refractivity contribution is -0.138. The van der Waals surface area contributed by atoms with E-state index in [4.69, 9.17) is 5.11 Å². The van der Waals surface area contributed by atoms with Gasteiger partial charge in [-0.1, -0.05) is 20.8 Å². The van der Waals surface area contributed by atoms with E-state index in [0.717, 1.165) is 6.42 Å². The number of hydrogen-bond acceptors (Lipinski definition) is 3. The quantitative estimate of drug-likeness (QED) is 0.652. The molecule has 0 aliphatic carbocycles. The molecule has 6 heteroatoms. The van der Waals surface area contributed by atoms with Gasteiger partial charge in [0.1, 0.15) is 0 Å². The van der Waals surface area contributed by atoms with Crippen molar-refractivity contribution in [3.05, 3.63) is 0 Å². The number of urea groups is 1. The second-order valence-electron chi connectivity index (χ2n) is 4.64. The Bertz CT molecular complexity index is 300. The zero-order chi connectivity index (χ0) is 13.5. The monoisotopic (exact) mass is 244 g/mol. The third-order valence-corrected chi connectivity index (χ3v) is 2.50. The molecule has 0 aliphatic heterocycles. The van der Waals surface area contributed by atoms with Gasteiger partial charge < -0.3 is 10.4 Å². The van der Waals surface area contributed by atoms with Crippen molar-refractivity contribution in [1.29, 1.82) is 0 Å². The largest absolute Gasteiger partial charge is 0.481 e. The second-order valence-corrected chi connectivity index (χ2v) is 4.64. The number of amides is 3. The molecule has 0 aromatic heterocycles. The van der Waals surface area contributed by atoms with Gasteiger partial charge >= 0.3 is 12.0 Å². The van der Waals surface area contributed by atoms with E-state index in [1.165, 1.54) is 0 Å². The Morgan fingerprint density at radius 1 is 1.18 bits per heavy atom. The Hall–Kier alpha value is -1.59. The topological polar surface area (TPSA) is 95.5 Å². The van der Waals surface area contributed by atoms with Crippen LogP contribution in [0.5, 0.6) is 0 Å². The minimum Gasteiger partial charge on any atom is -0.481 e. The summed E-state index contributed by atoms with van der Waals surface area (Å²) in [6.45, 7) is 6.47. The summed E-state index contributed by atoms with van der Waals surface area (Å²) in [6.07, 6.45) is 0.430. The summed E-state index contributed by atoms with van der Waals surface area (Å²) in [6, 6.07) is -0.582. The van der Waals surface area contributed by atoms with E-state index < -0.39 is 17.9 Å². The predicted molar refractivity (Wildman–Crippen MR) is 62.5 cm³/mol. The SMILES string of the molecule is CCC(C)(C)CNC(=O)NC(=O)CCC(=O)O. The lowest BCUT2D eigenvalue weighted by Gasteiger charge is -2.22. The fourth-order valence-electron chi connectivity index (χ4n) is 0.898. The van der Waals surface area contributed by atoms with Crippen LogP contribution in [-0.2, 0) is 9.59 Å². The molecule has 98 valence electrons. The van der Waals surface area contributed by atoms with Crippen molar-refractivity contribution in [2.75, 3.05) is 6.54 Å². The Morgan fingerprint density at radius 2 is 1.76 bits per heavy atom. The Labute approximate surface area is 101 Å². The van der Waals surface area contributed by atoms with E-state index in [1.807, 2.05) is 20.8 Å². The van der Waals surface area contributed by atoms with Crippen molar-refractivity contribution in [2.45, 2.75) is 40.0 Å². The van der Waals surface area contributed by atoms with Crippen molar-refractivity contribution < 1.29 is 19.5 Å². The first-order valence-electron chi connectivity index (χ1n) is 5.56. The molecule has 0 heterocycles. The Balaban J connectivity index is 3.86. The summed E-state index contributed by atoms with van der Waals surface area (Å²) in [5.74, 6) is -1.65. The maximum atomic E-state index is 11.3. The van der Waals surface area contributed by atoms with Gasteiger partial charge in [0.15, 0.2) is 0 Å². The van der Waals surface area contributed by atoms with Gasteiger partial charge in [0.2, 0.25) is 5.91 Å². The third kappa shape index (κ3) is 8.24. The highest BCUT2D eigenvalue weighted by molar-refractivity contribution is 5.95. The van der Waals surface area contributed by atoms with Crippen LogP contribution in [0.1, 0.15) is 40.0 Å². The van der Waals surface area contributed by atoms with Gasteiger partial charge in [-0.05, 0) is 11.8 Å². The number of carboxylic acid groups (broad SMARTS) is 1. The van der Waals surface area contributed by atoms with Gasteiger partial charge in [-0.2, -0.15) is 0 Å². The zero-order valence-corrected chi connectivity index (χ0v) is 10.5. The van der Waals surface area contributed by atoms with Crippen LogP contribution in [0.3, 0.4) is 0 Å². The summed E-state index contributed by atoms with van der Waals surface area (Å²) >= 11 is 0. The molecule has 0 aliphatic rings. The average molecular weight is 244 g/mol. The minimum absolute atomic E-state index is 0.0263. The maximum absolute atomic E-state index is 11.3. The van der Waals surface area contributed by atoms with Gasteiger partial charge in [0.25, 0.3) is 0 Å². The smallest absolute Gasteiger partial charge is 0.321 e. The molecule has 0 rings (SSSR count). The number of rotatable bonds is 6. The van der Waals surface area contributed by atoms with Crippen LogP contribution in [0.4, 0.5) is 4.79 Å². The zero-order valence-electron chi connectivity index (χ0n) is 10.5. The van der Waals surface area contributed by atoms with Crippen molar-refractivity contribution in [3.8, 4) is 0 Å². The fourth-order valence-corrected chi connectivity index (χ4v) is 0.898. The third-order valence-electron chi connectivity index (χ3n) is 2.50. The molecule has 0 aromatic carbocycles. The molecule has 0 radical (unpaired) electrons. The fraction of sp³-hybridized carbons (Fsp3) is 0.727. The average Bonchev–Trinajstić information content (AvgIpc) is 2.24. The van der Waals surface area contributed by atoms with E-state index in [2.05, 4.69) is 10.6 Å². The van der Waals surface area contributed by atoms with Crippen molar-refractivity contribution in [3.63, 3.8) is 0 Å². The van der Waals surface area contributed by atoms with Crippen LogP contribution in [0.2, 0.25) is 0 Å². The molecule has 0 saturated carbocycles. The number of aliphatic carboxylic acids is 1. The molecule has 0 saturated heterocycles. The van der Waals surface area contributed by atoms with E-state index in [9.17, 15) is 14.4 Å². The summed E-state index contributed by atoms with van der Waals surface area (Å²) < 4.78 is 0. The highest BCUT2D eigenvalue weighted by Gasteiger charge is 2.17. The van der Waals surface area contributed by atoms with Gasteiger partial charge in [-0.3, -0.25) is 14.9 Å². The van der Waals surface area contributed by atoms with E-state index in [0.29, 0.717) is 6.54 Å². The van der Waals surface area contributed by atoms with Gasteiger partial charge in [0, 0.05) is 13.0 Å². The van der Waals surface area contributed by atoms with Crippen molar-refractivity contribution in [2.24, 2.45) is 5.41 Å². The number of carboxylic acids is 1. The number of hydrogen-bond donors (Lipinski definition) is 3. The molecule has 0 atom stereocenters. The first kappa shape index (κ1) is 15.4. The summed E-state index contributed by atoms with van der Waals surface area (Å²) in [5, 5.41) is 13.0. The Morgan fingerprint density at radius 3 is 2.24 bits per heavy atom. The first-order valence-corrected chi connectivity index (χ1v) is 5.56. The molecule has 0 aromatic rings. The molecule has 17 heavy (non-hydrogen) atoms. The molecule has 0 unspecified atom stereocenters. The van der Waals surface area contributed by atoms with Crippen LogP contribution < -0.4 is 10.6 Å². The van der Waals surface area contributed by atoms with Crippen LogP contribution >= 0.6 is 0 Å². The number of carbonyl (C=O) groups excluding carboxylic acids is 2. The molecule has 6 nitrogen and oxygen atoms in total. The summed E-state index contributed by atoms with van der Waals surface area (Å²) in [5.41, 5.74) is -0.0263. The highest BCUT2D eigenvalue weighted by Crippen LogP contribution is 2.17. The van der Waals surface area contributed by atoms with Crippen LogP contribution in [0.15, 0.2) is 0 Å². The van der Waals surface area contributed by atoms with Gasteiger partial charge in [-0.15, -0.1) is 0 Å². The van der Waals surface area contributed by atoms with Gasteiger partial charge in [-0.25, -0.2) is 4.79 Å². The van der Waals surface area contributed by atoms with E-state index in [1.54, 1.807) is 0 Å². The second kappa shape index (κ2) is 6.88. The highest BCUT2D eigenvalue weighted by atomic mass is 16.4. The van der Waals surface area contributed by atoms with Crippen LogP contribution in [0, 0.1) is 5.41 Å². The number of imide groups is 1. The van der Waals surface area contributed by atoms with Crippen molar-refractivity contribution >= 4 is 17.9 Å². The molecule has 0 bridgehead atoms. The molecule has 3 amide bonds. The molecular formula is C11H20N2O4. The van der Waals surface area contributed by atoms with Crippen LogP contribution in [0.25, 0.3) is 0 Å². The minimum atomic E-state index is -1.06. The predicted octanol–water partition coefficient (Wildman–Crippen LogP) is 1.11. The standard InChI is InChI=1S/C11H20N2O4/c1-4-11(2,3)7-12-10(17)13-8(14)5-6-9(15)16/h4-7H2,1-3H3,(H,15,16)(H2,12,13,14,17). The molecular weight excluding hydrogens is 224 g/mol. The van der Waals surface area contributed by atoms with Gasteiger partial charge in [0.05, 0.1) is 6.42 Å². The lowest BCUT2D eigenvalue weighted by atomic mass is 9.90. The van der Waals surface area contributed by atoms with Crippen LogP contribution in [-0.4, -0.2) is 29.6 Å².